The van der Waals surface area contributed by atoms with Crippen molar-refractivity contribution in [2.75, 3.05) is 19.0 Å². The Morgan fingerprint density at radius 1 is 1.32 bits per heavy atom. The molecule has 1 aliphatic rings. The Kier molecular flexibility index (Phi) is 5.14. The molecule has 1 N–H and O–H groups in total. The first-order chi connectivity index (χ1) is 9.28. The minimum atomic E-state index is -0.00115. The molecule has 0 aliphatic heterocycles. The standard InChI is InChI=1S/C15H25N3O/c1-4-13(19-3)15-17-12(11-8-6-7-9-11)10-14(18-15)16-5-2/h10-11,13H,4-9H2,1-3H3,(H,16,17,18). The zero-order valence-corrected chi connectivity index (χ0v) is 12.3. The van der Waals surface area contributed by atoms with Crippen LogP contribution >= 0.6 is 0 Å². The molecule has 0 bridgehead atoms. The number of anilines is 1. The smallest absolute Gasteiger partial charge is 0.159 e. The molecule has 1 saturated carbocycles. The predicted octanol–water partition coefficient (Wildman–Crippen LogP) is 3.66. The van der Waals surface area contributed by atoms with Gasteiger partial charge >= 0.3 is 0 Å². The summed E-state index contributed by atoms with van der Waals surface area (Å²) in [5.74, 6) is 2.36. The molecule has 1 fully saturated rings. The molecule has 0 radical (unpaired) electrons. The van der Waals surface area contributed by atoms with Gasteiger partial charge < -0.3 is 10.1 Å². The molecule has 0 aromatic carbocycles. The Morgan fingerprint density at radius 3 is 2.63 bits per heavy atom. The summed E-state index contributed by atoms with van der Waals surface area (Å²) in [6.07, 6.45) is 6.05. The highest BCUT2D eigenvalue weighted by Crippen LogP contribution is 2.34. The minimum absolute atomic E-state index is 0.00115. The zero-order valence-electron chi connectivity index (χ0n) is 12.3. The second-order valence-electron chi connectivity index (χ2n) is 5.18. The van der Waals surface area contributed by atoms with Gasteiger partial charge in [-0.1, -0.05) is 19.8 Å². The monoisotopic (exact) mass is 263 g/mol. The van der Waals surface area contributed by atoms with E-state index in [1.54, 1.807) is 7.11 Å². The van der Waals surface area contributed by atoms with Gasteiger partial charge in [0.1, 0.15) is 11.9 Å². The molecule has 1 aromatic rings. The summed E-state index contributed by atoms with van der Waals surface area (Å²) < 4.78 is 5.48. The van der Waals surface area contributed by atoms with Crippen LogP contribution in [0.25, 0.3) is 0 Å². The Morgan fingerprint density at radius 2 is 2.05 bits per heavy atom. The van der Waals surface area contributed by atoms with E-state index in [1.807, 2.05) is 0 Å². The van der Waals surface area contributed by atoms with Crippen molar-refractivity contribution in [3.63, 3.8) is 0 Å². The van der Waals surface area contributed by atoms with E-state index in [-0.39, 0.29) is 6.10 Å². The molecule has 1 atom stereocenters. The summed E-state index contributed by atoms with van der Waals surface area (Å²) >= 11 is 0. The van der Waals surface area contributed by atoms with Crippen LogP contribution in [0.4, 0.5) is 5.82 Å². The van der Waals surface area contributed by atoms with E-state index in [2.05, 4.69) is 30.2 Å². The van der Waals surface area contributed by atoms with Gasteiger partial charge in [0.05, 0.1) is 0 Å². The van der Waals surface area contributed by atoms with Crippen molar-refractivity contribution in [3.05, 3.63) is 17.6 Å². The largest absolute Gasteiger partial charge is 0.373 e. The maximum atomic E-state index is 5.48. The van der Waals surface area contributed by atoms with E-state index in [0.29, 0.717) is 5.92 Å². The van der Waals surface area contributed by atoms with E-state index >= 15 is 0 Å². The first-order valence-electron chi connectivity index (χ1n) is 7.44. The van der Waals surface area contributed by atoms with Gasteiger partial charge in [-0.2, -0.15) is 0 Å². The molecule has 1 unspecified atom stereocenters. The van der Waals surface area contributed by atoms with Gasteiger partial charge in [-0.05, 0) is 26.2 Å². The van der Waals surface area contributed by atoms with Gasteiger partial charge in [-0.15, -0.1) is 0 Å². The lowest BCUT2D eigenvalue weighted by molar-refractivity contribution is 0.0924. The first-order valence-corrected chi connectivity index (χ1v) is 7.44. The van der Waals surface area contributed by atoms with Crippen molar-refractivity contribution >= 4 is 5.82 Å². The van der Waals surface area contributed by atoms with Crippen molar-refractivity contribution < 1.29 is 4.74 Å². The average molecular weight is 263 g/mol. The van der Waals surface area contributed by atoms with Gasteiger partial charge in [-0.25, -0.2) is 9.97 Å². The lowest BCUT2D eigenvalue weighted by atomic mass is 10.0. The van der Waals surface area contributed by atoms with Crippen LogP contribution in [-0.4, -0.2) is 23.6 Å². The van der Waals surface area contributed by atoms with Crippen molar-refractivity contribution in [1.29, 1.82) is 0 Å². The molecular formula is C15H25N3O. The number of rotatable bonds is 6. The summed E-state index contributed by atoms with van der Waals surface area (Å²) in [5, 5.41) is 3.31. The van der Waals surface area contributed by atoms with Gasteiger partial charge in [0.25, 0.3) is 0 Å². The predicted molar refractivity (Wildman–Crippen MR) is 77.4 cm³/mol. The van der Waals surface area contributed by atoms with Crippen molar-refractivity contribution in [2.24, 2.45) is 0 Å². The van der Waals surface area contributed by atoms with E-state index in [4.69, 9.17) is 9.72 Å². The van der Waals surface area contributed by atoms with Crippen LogP contribution < -0.4 is 5.32 Å². The van der Waals surface area contributed by atoms with Crippen molar-refractivity contribution in [2.45, 2.75) is 58.0 Å². The highest BCUT2D eigenvalue weighted by Gasteiger charge is 2.21. The van der Waals surface area contributed by atoms with E-state index in [9.17, 15) is 0 Å². The molecule has 0 amide bonds. The van der Waals surface area contributed by atoms with Crippen molar-refractivity contribution in [1.82, 2.24) is 9.97 Å². The van der Waals surface area contributed by atoms with Gasteiger partial charge in [0.15, 0.2) is 5.82 Å². The topological polar surface area (TPSA) is 47.0 Å². The maximum absolute atomic E-state index is 5.48. The normalized spacial score (nSPS) is 17.6. The molecule has 1 aliphatic carbocycles. The molecule has 1 aromatic heterocycles. The summed E-state index contributed by atoms with van der Waals surface area (Å²) in [5.41, 5.74) is 1.19. The first kappa shape index (κ1) is 14.3. The molecule has 1 heterocycles. The van der Waals surface area contributed by atoms with Crippen LogP contribution in [-0.2, 0) is 4.74 Å². The number of nitrogens with zero attached hydrogens (tertiary/aromatic N) is 2. The number of methoxy groups -OCH3 is 1. The lowest BCUT2D eigenvalue weighted by Crippen LogP contribution is -2.12. The maximum Gasteiger partial charge on any atom is 0.159 e. The molecular weight excluding hydrogens is 238 g/mol. The highest BCUT2D eigenvalue weighted by atomic mass is 16.5. The second kappa shape index (κ2) is 6.85. The molecule has 4 nitrogen and oxygen atoms in total. The van der Waals surface area contributed by atoms with Crippen LogP contribution in [0, 0.1) is 0 Å². The summed E-state index contributed by atoms with van der Waals surface area (Å²) in [6.45, 7) is 5.07. The van der Waals surface area contributed by atoms with Crippen LogP contribution in [0.5, 0.6) is 0 Å². The number of nitrogens with one attached hydrogen (secondary N) is 1. The number of aromatic nitrogens is 2. The minimum Gasteiger partial charge on any atom is -0.373 e. The van der Waals surface area contributed by atoms with Gasteiger partial charge in [0.2, 0.25) is 0 Å². The Hall–Kier alpha value is -1.16. The molecule has 106 valence electrons. The van der Waals surface area contributed by atoms with Crippen LogP contribution in [0.2, 0.25) is 0 Å². The summed E-state index contributed by atoms with van der Waals surface area (Å²) in [4.78, 5) is 9.35. The Bertz CT molecular complexity index is 378. The van der Waals surface area contributed by atoms with E-state index in [0.717, 1.165) is 24.6 Å². The average Bonchev–Trinajstić information content (AvgIpc) is 2.94. The fourth-order valence-corrected chi connectivity index (χ4v) is 2.79. The molecule has 4 heteroatoms. The second-order valence-corrected chi connectivity index (χ2v) is 5.18. The third kappa shape index (κ3) is 3.44. The SMILES string of the molecule is CCNc1cc(C2CCCC2)nc(C(CC)OC)n1. The van der Waals surface area contributed by atoms with Gasteiger partial charge in [0, 0.05) is 31.3 Å². The Balaban J connectivity index is 2.30. The fraction of sp³-hybridized carbons (Fsp3) is 0.733. The molecule has 0 spiro atoms. The van der Waals surface area contributed by atoms with Crippen LogP contribution in [0.1, 0.15) is 69.5 Å². The number of ether oxygens (including phenoxy) is 1. The number of hydrogen-bond acceptors (Lipinski definition) is 4. The molecule has 2 rings (SSSR count). The van der Waals surface area contributed by atoms with Crippen molar-refractivity contribution in [3.8, 4) is 0 Å². The van der Waals surface area contributed by atoms with Gasteiger partial charge in [-0.3, -0.25) is 0 Å². The number of hydrogen-bond donors (Lipinski definition) is 1. The Labute approximate surface area is 116 Å². The molecule has 19 heavy (non-hydrogen) atoms. The lowest BCUT2D eigenvalue weighted by Gasteiger charge is -2.17. The van der Waals surface area contributed by atoms with E-state index in [1.165, 1.54) is 31.4 Å². The summed E-state index contributed by atoms with van der Waals surface area (Å²) in [6, 6.07) is 2.12. The summed E-state index contributed by atoms with van der Waals surface area (Å²) in [7, 11) is 1.73. The third-order valence-corrected chi connectivity index (χ3v) is 3.84. The quantitative estimate of drug-likeness (QED) is 0.850. The van der Waals surface area contributed by atoms with Crippen LogP contribution in [0.15, 0.2) is 6.07 Å². The fourth-order valence-electron chi connectivity index (χ4n) is 2.79. The molecule has 0 saturated heterocycles. The third-order valence-electron chi connectivity index (χ3n) is 3.84. The van der Waals surface area contributed by atoms with E-state index < -0.39 is 0 Å². The highest BCUT2D eigenvalue weighted by molar-refractivity contribution is 5.37. The zero-order chi connectivity index (χ0) is 13.7. The van der Waals surface area contributed by atoms with Crippen LogP contribution in [0.3, 0.4) is 0 Å².